The summed E-state index contributed by atoms with van der Waals surface area (Å²) in [5.41, 5.74) is 1.54. The first-order chi connectivity index (χ1) is 10.6. The molecule has 0 aliphatic rings. The highest BCUT2D eigenvalue weighted by Gasteiger charge is 2.27. The van der Waals surface area contributed by atoms with E-state index in [9.17, 15) is 14.4 Å². The Balaban J connectivity index is 5.06. The molecule has 0 fully saturated rings. The second-order valence-electron chi connectivity index (χ2n) is 6.97. The van der Waals surface area contributed by atoms with Crippen molar-refractivity contribution in [2.45, 2.75) is 40.5 Å². The first kappa shape index (κ1) is 21.4. The SMILES string of the molecule is CC(C)C[C@H](CC(=O)N(CC(=O)NO)CC(C)C)C(=O)N(C)C. The van der Waals surface area contributed by atoms with Crippen LogP contribution in [0.4, 0.5) is 0 Å². The van der Waals surface area contributed by atoms with Gasteiger partial charge in [0, 0.05) is 33.0 Å². The molecule has 2 N–H and O–H groups in total. The molecule has 0 aliphatic carbocycles. The van der Waals surface area contributed by atoms with Gasteiger partial charge < -0.3 is 9.80 Å². The van der Waals surface area contributed by atoms with Crippen LogP contribution in [0.15, 0.2) is 0 Å². The van der Waals surface area contributed by atoms with E-state index in [1.807, 2.05) is 27.7 Å². The maximum atomic E-state index is 12.5. The first-order valence-electron chi connectivity index (χ1n) is 8.00. The van der Waals surface area contributed by atoms with Crippen LogP contribution in [0.2, 0.25) is 0 Å². The van der Waals surface area contributed by atoms with Gasteiger partial charge in [0.2, 0.25) is 11.8 Å². The number of rotatable bonds is 9. The van der Waals surface area contributed by atoms with Gasteiger partial charge in [-0.05, 0) is 18.3 Å². The van der Waals surface area contributed by atoms with E-state index in [0.717, 1.165) is 0 Å². The van der Waals surface area contributed by atoms with Crippen molar-refractivity contribution in [3.8, 4) is 0 Å². The van der Waals surface area contributed by atoms with Crippen molar-refractivity contribution >= 4 is 17.7 Å². The number of nitrogens with zero attached hydrogens (tertiary/aromatic N) is 2. The monoisotopic (exact) mass is 329 g/mol. The van der Waals surface area contributed by atoms with Crippen LogP contribution in [0.1, 0.15) is 40.5 Å². The first-order valence-corrected chi connectivity index (χ1v) is 8.00. The maximum absolute atomic E-state index is 12.5. The third-order valence-electron chi connectivity index (χ3n) is 3.36. The third-order valence-corrected chi connectivity index (χ3v) is 3.36. The fraction of sp³-hybridized carbons (Fsp3) is 0.812. The Morgan fingerprint density at radius 1 is 1.04 bits per heavy atom. The van der Waals surface area contributed by atoms with Crippen LogP contribution < -0.4 is 5.48 Å². The number of carbonyl (C=O) groups excluding carboxylic acids is 3. The molecule has 0 aromatic rings. The number of carbonyl (C=O) groups is 3. The van der Waals surface area contributed by atoms with E-state index in [-0.39, 0.29) is 36.6 Å². The normalized spacial score (nSPS) is 12.2. The molecule has 0 spiro atoms. The lowest BCUT2D eigenvalue weighted by Gasteiger charge is -2.27. The maximum Gasteiger partial charge on any atom is 0.262 e. The lowest BCUT2D eigenvalue weighted by Crippen LogP contribution is -2.43. The van der Waals surface area contributed by atoms with Crippen LogP contribution in [0, 0.1) is 17.8 Å². The van der Waals surface area contributed by atoms with E-state index >= 15 is 0 Å². The molecule has 7 nitrogen and oxygen atoms in total. The topological polar surface area (TPSA) is 90.0 Å². The molecule has 0 saturated heterocycles. The fourth-order valence-electron chi connectivity index (χ4n) is 2.45. The average Bonchev–Trinajstić information content (AvgIpc) is 2.43. The summed E-state index contributed by atoms with van der Waals surface area (Å²) < 4.78 is 0. The highest BCUT2D eigenvalue weighted by Crippen LogP contribution is 2.19. The Morgan fingerprint density at radius 3 is 2.00 bits per heavy atom. The highest BCUT2D eigenvalue weighted by molar-refractivity contribution is 5.88. The molecular weight excluding hydrogens is 298 g/mol. The van der Waals surface area contributed by atoms with Gasteiger partial charge in [0.15, 0.2) is 0 Å². The van der Waals surface area contributed by atoms with Crippen molar-refractivity contribution < 1.29 is 19.6 Å². The van der Waals surface area contributed by atoms with E-state index in [2.05, 4.69) is 0 Å². The molecule has 0 rings (SSSR count). The van der Waals surface area contributed by atoms with Crippen LogP contribution in [0.3, 0.4) is 0 Å². The molecule has 0 radical (unpaired) electrons. The molecule has 0 saturated carbocycles. The molecule has 23 heavy (non-hydrogen) atoms. The van der Waals surface area contributed by atoms with Crippen LogP contribution in [-0.2, 0) is 14.4 Å². The number of amides is 3. The van der Waals surface area contributed by atoms with Gasteiger partial charge in [0.25, 0.3) is 5.91 Å². The van der Waals surface area contributed by atoms with Gasteiger partial charge in [-0.15, -0.1) is 0 Å². The zero-order chi connectivity index (χ0) is 18.2. The molecule has 0 aromatic heterocycles. The minimum absolute atomic E-state index is 0.0701. The lowest BCUT2D eigenvalue weighted by molar-refractivity contribution is -0.143. The van der Waals surface area contributed by atoms with Crippen molar-refractivity contribution in [2.75, 3.05) is 27.2 Å². The molecule has 1 atom stereocenters. The van der Waals surface area contributed by atoms with Gasteiger partial charge in [-0.2, -0.15) is 0 Å². The van der Waals surface area contributed by atoms with Crippen LogP contribution in [0.25, 0.3) is 0 Å². The summed E-state index contributed by atoms with van der Waals surface area (Å²) in [4.78, 5) is 39.1. The zero-order valence-corrected chi connectivity index (χ0v) is 15.1. The quantitative estimate of drug-likeness (QED) is 0.490. The molecule has 0 bridgehead atoms. The molecule has 7 heteroatoms. The Labute approximate surface area is 139 Å². The van der Waals surface area contributed by atoms with Gasteiger partial charge in [0.05, 0.1) is 0 Å². The summed E-state index contributed by atoms with van der Waals surface area (Å²) in [6.45, 7) is 8.08. The van der Waals surface area contributed by atoms with Gasteiger partial charge in [-0.1, -0.05) is 27.7 Å². The Morgan fingerprint density at radius 2 is 1.61 bits per heavy atom. The van der Waals surface area contributed by atoms with Gasteiger partial charge >= 0.3 is 0 Å². The van der Waals surface area contributed by atoms with Crippen molar-refractivity contribution in [3.63, 3.8) is 0 Å². The van der Waals surface area contributed by atoms with Gasteiger partial charge in [-0.25, -0.2) is 5.48 Å². The standard InChI is InChI=1S/C16H31N3O4/c1-11(2)7-13(16(22)18(5)6)8-15(21)19(9-12(3)4)10-14(20)17-23/h11-13,23H,7-10H2,1-6H3,(H,17,20)/t13-/m1/s1. The summed E-state index contributed by atoms with van der Waals surface area (Å²) in [7, 11) is 3.34. The Bertz CT molecular complexity index is 408. The second-order valence-corrected chi connectivity index (χ2v) is 6.97. The number of hydrogen-bond donors (Lipinski definition) is 2. The zero-order valence-electron chi connectivity index (χ0n) is 15.1. The minimum atomic E-state index is -0.640. The van der Waals surface area contributed by atoms with E-state index in [1.165, 1.54) is 9.80 Å². The van der Waals surface area contributed by atoms with E-state index < -0.39 is 11.8 Å². The summed E-state index contributed by atoms with van der Waals surface area (Å²) >= 11 is 0. The van der Waals surface area contributed by atoms with Crippen molar-refractivity contribution in [1.29, 1.82) is 0 Å². The smallest absolute Gasteiger partial charge is 0.262 e. The van der Waals surface area contributed by atoms with Crippen LogP contribution >= 0.6 is 0 Å². The number of nitrogens with one attached hydrogen (secondary N) is 1. The van der Waals surface area contributed by atoms with Crippen LogP contribution in [-0.4, -0.2) is 59.9 Å². The molecule has 3 amide bonds. The van der Waals surface area contributed by atoms with E-state index in [4.69, 9.17) is 5.21 Å². The number of hydroxylamine groups is 1. The minimum Gasteiger partial charge on any atom is -0.349 e. The second kappa shape index (κ2) is 10.2. The molecular formula is C16H31N3O4. The predicted octanol–water partition coefficient (Wildman–Crippen LogP) is 1.12. The average molecular weight is 329 g/mol. The van der Waals surface area contributed by atoms with E-state index in [1.54, 1.807) is 19.6 Å². The van der Waals surface area contributed by atoms with E-state index in [0.29, 0.717) is 13.0 Å². The highest BCUT2D eigenvalue weighted by atomic mass is 16.5. The number of hydrogen-bond acceptors (Lipinski definition) is 4. The fourth-order valence-corrected chi connectivity index (χ4v) is 2.45. The van der Waals surface area contributed by atoms with Crippen molar-refractivity contribution in [2.24, 2.45) is 17.8 Å². The molecule has 0 heterocycles. The van der Waals surface area contributed by atoms with Crippen LogP contribution in [0.5, 0.6) is 0 Å². The molecule has 0 aliphatic heterocycles. The third kappa shape index (κ3) is 8.54. The molecule has 134 valence electrons. The van der Waals surface area contributed by atoms with Crippen molar-refractivity contribution in [3.05, 3.63) is 0 Å². The van der Waals surface area contributed by atoms with Crippen molar-refractivity contribution in [1.82, 2.24) is 15.3 Å². The van der Waals surface area contributed by atoms with Gasteiger partial charge in [0.1, 0.15) is 6.54 Å². The summed E-state index contributed by atoms with van der Waals surface area (Å²) in [5.74, 6) is -0.900. The molecule has 0 unspecified atom stereocenters. The summed E-state index contributed by atoms with van der Waals surface area (Å²) in [6.07, 6.45) is 0.686. The Hall–Kier alpha value is -1.63. The molecule has 0 aromatic carbocycles. The summed E-state index contributed by atoms with van der Waals surface area (Å²) in [5, 5.41) is 8.66. The summed E-state index contributed by atoms with van der Waals surface area (Å²) in [6, 6.07) is 0. The predicted molar refractivity (Wildman–Crippen MR) is 87.6 cm³/mol. The largest absolute Gasteiger partial charge is 0.349 e. The Kier molecular flexibility index (Phi) is 9.48. The van der Waals surface area contributed by atoms with Gasteiger partial charge in [-0.3, -0.25) is 19.6 Å². The lowest BCUT2D eigenvalue weighted by atomic mass is 9.92.